The zero-order valence-corrected chi connectivity index (χ0v) is 19.1. The van der Waals surface area contributed by atoms with Crippen molar-refractivity contribution in [1.29, 1.82) is 0 Å². The molecule has 0 spiro atoms. The fourth-order valence-electron chi connectivity index (χ4n) is 3.50. The Bertz CT molecular complexity index is 1350. The molecule has 0 atom stereocenters. The first-order chi connectivity index (χ1) is 16.7. The van der Waals surface area contributed by atoms with Crippen LogP contribution in [0, 0.1) is 0 Å². The molecule has 0 unspecified atom stereocenters. The lowest BCUT2D eigenvalue weighted by molar-refractivity contribution is -0.113. The molecule has 34 heavy (non-hydrogen) atoms. The van der Waals surface area contributed by atoms with Gasteiger partial charge in [-0.3, -0.25) is 14.0 Å². The summed E-state index contributed by atoms with van der Waals surface area (Å²) >= 11 is 1.33. The summed E-state index contributed by atoms with van der Waals surface area (Å²) in [5.41, 5.74) is 2.90. The topological polar surface area (TPSA) is 90.8 Å². The van der Waals surface area contributed by atoms with Crippen LogP contribution in [-0.4, -0.2) is 36.2 Å². The Morgan fingerprint density at radius 2 is 1.65 bits per heavy atom. The summed E-state index contributed by atoms with van der Waals surface area (Å²) < 4.78 is 9.30. The fraction of sp³-hybridized carbons (Fsp3) is 0.120. The van der Waals surface area contributed by atoms with E-state index in [-0.39, 0.29) is 11.7 Å². The largest absolute Gasteiger partial charge is 0.461 e. The number of anilines is 1. The standard InChI is InChI=1S/C25H22N6O2S/c32-23(27-21-14-26-30(17-21)15-19-8-3-1-4-9-19)18-34-25-29-28-24(22-12-7-13-33-22)31(25)16-20-10-5-2-6-11-20/h1-14,17H,15-16,18H2,(H,27,32). The van der Waals surface area contributed by atoms with E-state index in [0.717, 1.165) is 11.1 Å². The number of hydrogen-bond donors (Lipinski definition) is 1. The number of nitrogens with one attached hydrogen (secondary N) is 1. The maximum atomic E-state index is 12.6. The summed E-state index contributed by atoms with van der Waals surface area (Å²) in [5.74, 6) is 1.30. The predicted molar refractivity (Wildman–Crippen MR) is 130 cm³/mol. The Morgan fingerprint density at radius 1 is 0.912 bits per heavy atom. The van der Waals surface area contributed by atoms with E-state index < -0.39 is 0 Å². The third-order valence-electron chi connectivity index (χ3n) is 5.08. The summed E-state index contributed by atoms with van der Waals surface area (Å²) in [5, 5.41) is 16.5. The van der Waals surface area contributed by atoms with E-state index in [4.69, 9.17) is 4.42 Å². The van der Waals surface area contributed by atoms with Crippen LogP contribution in [0.3, 0.4) is 0 Å². The van der Waals surface area contributed by atoms with Gasteiger partial charge in [0.15, 0.2) is 10.9 Å². The monoisotopic (exact) mass is 470 g/mol. The summed E-state index contributed by atoms with van der Waals surface area (Å²) in [4.78, 5) is 12.6. The highest BCUT2D eigenvalue weighted by molar-refractivity contribution is 7.99. The Labute approximate surface area is 200 Å². The maximum absolute atomic E-state index is 12.6. The molecule has 170 valence electrons. The van der Waals surface area contributed by atoms with E-state index in [0.29, 0.717) is 35.5 Å². The number of aromatic nitrogens is 5. The van der Waals surface area contributed by atoms with Crippen molar-refractivity contribution in [1.82, 2.24) is 24.5 Å². The molecule has 0 aliphatic rings. The molecule has 8 nitrogen and oxygen atoms in total. The Morgan fingerprint density at radius 3 is 2.35 bits per heavy atom. The van der Waals surface area contributed by atoms with E-state index in [1.807, 2.05) is 83.6 Å². The third kappa shape index (κ3) is 5.26. The molecule has 0 saturated carbocycles. The number of thioether (sulfide) groups is 1. The van der Waals surface area contributed by atoms with Crippen molar-refractivity contribution >= 4 is 23.4 Å². The van der Waals surface area contributed by atoms with E-state index in [2.05, 4.69) is 20.6 Å². The van der Waals surface area contributed by atoms with Crippen LogP contribution in [0.4, 0.5) is 5.69 Å². The SMILES string of the molecule is O=C(CSc1nnc(-c2ccco2)n1Cc1ccccc1)Nc1cnn(Cc2ccccc2)c1. The van der Waals surface area contributed by atoms with Gasteiger partial charge in [0, 0.05) is 6.20 Å². The van der Waals surface area contributed by atoms with Crippen LogP contribution in [0.2, 0.25) is 0 Å². The van der Waals surface area contributed by atoms with Crippen LogP contribution in [0.5, 0.6) is 0 Å². The Hall–Kier alpha value is -4.11. The van der Waals surface area contributed by atoms with Crippen molar-refractivity contribution in [2.75, 3.05) is 11.1 Å². The minimum atomic E-state index is -0.141. The van der Waals surface area contributed by atoms with Crippen molar-refractivity contribution in [3.05, 3.63) is 103 Å². The minimum absolute atomic E-state index is 0.141. The second-order valence-corrected chi connectivity index (χ2v) is 8.55. The van der Waals surface area contributed by atoms with E-state index >= 15 is 0 Å². The number of amides is 1. The molecule has 3 heterocycles. The zero-order chi connectivity index (χ0) is 23.2. The molecule has 0 aliphatic heterocycles. The molecule has 0 bridgehead atoms. The van der Waals surface area contributed by atoms with Gasteiger partial charge in [0.05, 0.1) is 37.0 Å². The molecule has 5 aromatic rings. The van der Waals surface area contributed by atoms with Gasteiger partial charge in [-0.15, -0.1) is 10.2 Å². The third-order valence-corrected chi connectivity index (χ3v) is 6.05. The lowest BCUT2D eigenvalue weighted by Gasteiger charge is -2.09. The number of carbonyl (C=O) groups excluding carboxylic acids is 1. The molecule has 5 rings (SSSR count). The van der Waals surface area contributed by atoms with Crippen molar-refractivity contribution in [3.63, 3.8) is 0 Å². The fourth-order valence-corrected chi connectivity index (χ4v) is 4.24. The minimum Gasteiger partial charge on any atom is -0.461 e. The number of nitrogens with zero attached hydrogens (tertiary/aromatic N) is 5. The normalized spacial score (nSPS) is 10.9. The second kappa shape index (κ2) is 10.2. The second-order valence-electron chi connectivity index (χ2n) is 7.60. The first kappa shape index (κ1) is 21.7. The van der Waals surface area contributed by atoms with E-state index in [1.54, 1.807) is 17.1 Å². The van der Waals surface area contributed by atoms with Gasteiger partial charge in [-0.05, 0) is 23.3 Å². The van der Waals surface area contributed by atoms with Crippen molar-refractivity contribution < 1.29 is 9.21 Å². The average molecular weight is 471 g/mol. The zero-order valence-electron chi connectivity index (χ0n) is 18.2. The van der Waals surface area contributed by atoms with Gasteiger partial charge >= 0.3 is 0 Å². The van der Waals surface area contributed by atoms with E-state index in [1.165, 1.54) is 11.8 Å². The number of benzene rings is 2. The Balaban J connectivity index is 1.24. The highest BCUT2D eigenvalue weighted by Crippen LogP contribution is 2.25. The van der Waals surface area contributed by atoms with Gasteiger partial charge in [-0.25, -0.2) is 0 Å². The van der Waals surface area contributed by atoms with Crippen molar-refractivity contribution in [3.8, 4) is 11.6 Å². The van der Waals surface area contributed by atoms with Gasteiger partial charge in [0.2, 0.25) is 11.7 Å². The van der Waals surface area contributed by atoms with Crippen LogP contribution in [0.25, 0.3) is 11.6 Å². The molecule has 0 fully saturated rings. The maximum Gasteiger partial charge on any atom is 0.234 e. The van der Waals surface area contributed by atoms with Crippen LogP contribution >= 0.6 is 11.8 Å². The molecule has 0 radical (unpaired) electrons. The van der Waals surface area contributed by atoms with Crippen LogP contribution < -0.4 is 5.32 Å². The molecule has 0 saturated heterocycles. The molecule has 2 aromatic carbocycles. The number of furan rings is 1. The van der Waals surface area contributed by atoms with Crippen molar-refractivity contribution in [2.24, 2.45) is 0 Å². The van der Waals surface area contributed by atoms with Crippen LogP contribution in [0.1, 0.15) is 11.1 Å². The lowest BCUT2D eigenvalue weighted by atomic mass is 10.2. The van der Waals surface area contributed by atoms with Gasteiger partial charge in [0.25, 0.3) is 0 Å². The summed E-state index contributed by atoms with van der Waals surface area (Å²) in [6.45, 7) is 1.21. The smallest absolute Gasteiger partial charge is 0.234 e. The highest BCUT2D eigenvalue weighted by atomic mass is 32.2. The average Bonchev–Trinajstić information content (AvgIpc) is 3.61. The van der Waals surface area contributed by atoms with Crippen molar-refractivity contribution in [2.45, 2.75) is 18.2 Å². The van der Waals surface area contributed by atoms with Gasteiger partial charge in [-0.1, -0.05) is 72.4 Å². The first-order valence-electron chi connectivity index (χ1n) is 10.7. The predicted octanol–water partition coefficient (Wildman–Crippen LogP) is 4.56. The summed E-state index contributed by atoms with van der Waals surface area (Å²) in [6.07, 6.45) is 5.08. The van der Waals surface area contributed by atoms with E-state index in [9.17, 15) is 4.79 Å². The quantitative estimate of drug-likeness (QED) is 0.318. The van der Waals surface area contributed by atoms with Gasteiger partial charge in [-0.2, -0.15) is 5.10 Å². The van der Waals surface area contributed by atoms with Crippen LogP contribution in [0.15, 0.2) is 101 Å². The summed E-state index contributed by atoms with van der Waals surface area (Å²) in [6, 6.07) is 23.8. The molecular weight excluding hydrogens is 448 g/mol. The molecule has 9 heteroatoms. The molecule has 1 amide bonds. The van der Waals surface area contributed by atoms with Gasteiger partial charge < -0.3 is 9.73 Å². The molecule has 3 aromatic heterocycles. The molecular formula is C25H22N6O2S. The lowest BCUT2D eigenvalue weighted by Crippen LogP contribution is -2.14. The Kier molecular flexibility index (Phi) is 6.53. The molecule has 0 aliphatic carbocycles. The van der Waals surface area contributed by atoms with Crippen LogP contribution in [-0.2, 0) is 17.9 Å². The number of hydrogen-bond acceptors (Lipinski definition) is 6. The molecule has 1 N–H and O–H groups in total. The van der Waals surface area contributed by atoms with Gasteiger partial charge in [0.1, 0.15) is 0 Å². The number of carbonyl (C=O) groups is 1. The number of rotatable bonds is 9. The highest BCUT2D eigenvalue weighted by Gasteiger charge is 2.18. The first-order valence-corrected chi connectivity index (χ1v) is 11.7. The summed E-state index contributed by atoms with van der Waals surface area (Å²) in [7, 11) is 0.